The average molecular weight is 330 g/mol. The molecule has 21 heavy (non-hydrogen) atoms. The van der Waals surface area contributed by atoms with Gasteiger partial charge in [-0.15, -0.1) is 5.57 Å². The van der Waals surface area contributed by atoms with E-state index in [1.165, 1.54) is 32.1 Å². The van der Waals surface area contributed by atoms with Crippen molar-refractivity contribution in [2.75, 3.05) is 21.3 Å². The van der Waals surface area contributed by atoms with Gasteiger partial charge in [0.05, 0.1) is 0 Å². The zero-order valence-corrected chi connectivity index (χ0v) is 16.0. The molecule has 0 heterocycles. The molecular formula is C17H30O3Ti. The summed E-state index contributed by atoms with van der Waals surface area (Å²) >= 11 is 0. The van der Waals surface area contributed by atoms with E-state index in [1.54, 1.807) is 22.3 Å². The van der Waals surface area contributed by atoms with Crippen molar-refractivity contribution in [1.29, 1.82) is 0 Å². The third-order valence-electron chi connectivity index (χ3n) is 3.86. The maximum atomic E-state index is 8.25. The van der Waals surface area contributed by atoms with E-state index < -0.39 is 0 Å². The fourth-order valence-electron chi connectivity index (χ4n) is 3.21. The first kappa shape index (κ1) is 25.9. The molecule has 0 aromatic rings. The monoisotopic (exact) mass is 330 g/mol. The molecule has 120 valence electrons. The van der Waals surface area contributed by atoms with E-state index in [4.69, 9.17) is 15.3 Å². The van der Waals surface area contributed by atoms with Gasteiger partial charge in [-0.05, 0) is 6.42 Å². The molecule has 2 aliphatic carbocycles. The van der Waals surface area contributed by atoms with E-state index in [1.807, 2.05) is 0 Å². The summed E-state index contributed by atoms with van der Waals surface area (Å²) in [7, 11) is 2.25. The van der Waals surface area contributed by atoms with Crippen LogP contribution in [-0.4, -0.2) is 21.3 Å². The largest absolute Gasteiger partial charge is 4.00 e. The van der Waals surface area contributed by atoms with Crippen molar-refractivity contribution in [2.45, 2.75) is 52.9 Å². The van der Waals surface area contributed by atoms with Gasteiger partial charge in [0.1, 0.15) is 0 Å². The quantitative estimate of drug-likeness (QED) is 0.567. The minimum atomic E-state index is 0. The third-order valence-corrected chi connectivity index (χ3v) is 3.86. The van der Waals surface area contributed by atoms with Crippen LogP contribution in [0.3, 0.4) is 0 Å². The smallest absolute Gasteiger partial charge is 0.857 e. The van der Waals surface area contributed by atoms with Crippen LogP contribution in [0.2, 0.25) is 0 Å². The van der Waals surface area contributed by atoms with Gasteiger partial charge < -0.3 is 15.3 Å². The van der Waals surface area contributed by atoms with Gasteiger partial charge in [0.25, 0.3) is 0 Å². The van der Waals surface area contributed by atoms with E-state index in [9.17, 15) is 0 Å². The Morgan fingerprint density at radius 2 is 1.57 bits per heavy atom. The first-order valence-corrected chi connectivity index (χ1v) is 7.28. The minimum absolute atomic E-state index is 0. The van der Waals surface area contributed by atoms with Gasteiger partial charge in [0.2, 0.25) is 0 Å². The summed E-state index contributed by atoms with van der Waals surface area (Å²) < 4.78 is 0. The van der Waals surface area contributed by atoms with E-state index in [2.05, 4.69) is 27.2 Å². The Hall–Kier alpha value is -0.0557. The van der Waals surface area contributed by atoms with E-state index in [0.29, 0.717) is 0 Å². The number of hydrogen-bond acceptors (Lipinski definition) is 3. The van der Waals surface area contributed by atoms with Gasteiger partial charge >= 0.3 is 21.7 Å². The van der Waals surface area contributed by atoms with Gasteiger partial charge in [-0.3, -0.25) is 0 Å². The predicted octanol–water partition coefficient (Wildman–Crippen LogP) is 1.36. The van der Waals surface area contributed by atoms with Gasteiger partial charge in [-0.25, -0.2) is 0 Å². The minimum Gasteiger partial charge on any atom is -0.857 e. The van der Waals surface area contributed by atoms with Crippen LogP contribution >= 0.6 is 0 Å². The first-order chi connectivity index (χ1) is 9.79. The third kappa shape index (κ3) is 6.71. The molecule has 0 saturated carbocycles. The normalized spacial score (nSPS) is 18.6. The summed E-state index contributed by atoms with van der Waals surface area (Å²) in [5, 5.41) is 24.8. The van der Waals surface area contributed by atoms with Crippen molar-refractivity contribution in [2.24, 2.45) is 5.92 Å². The van der Waals surface area contributed by atoms with Gasteiger partial charge in [0.15, 0.2) is 0 Å². The zero-order valence-electron chi connectivity index (χ0n) is 14.4. The molecule has 0 aromatic carbocycles. The molecule has 1 unspecified atom stereocenters. The number of hydrogen-bond donors (Lipinski definition) is 0. The van der Waals surface area contributed by atoms with E-state index in [0.717, 1.165) is 27.2 Å². The molecule has 0 aromatic heterocycles. The second-order valence-electron chi connectivity index (χ2n) is 4.50. The Labute approximate surface area is 146 Å². The Balaban J connectivity index is -0.000000414. The van der Waals surface area contributed by atoms with Gasteiger partial charge in [-0.2, -0.15) is 44.5 Å². The van der Waals surface area contributed by atoms with Crippen molar-refractivity contribution < 1.29 is 37.0 Å². The number of allylic oxidation sites excluding steroid dienone is 4. The van der Waals surface area contributed by atoms with Gasteiger partial charge in [0, 0.05) is 0 Å². The van der Waals surface area contributed by atoms with Crippen molar-refractivity contribution >= 4 is 0 Å². The molecule has 4 heteroatoms. The van der Waals surface area contributed by atoms with E-state index >= 15 is 0 Å². The topological polar surface area (TPSA) is 69.2 Å². The predicted molar refractivity (Wildman–Crippen MR) is 79.7 cm³/mol. The molecule has 0 bridgehead atoms. The van der Waals surface area contributed by atoms with Crippen molar-refractivity contribution in [3.8, 4) is 0 Å². The Morgan fingerprint density at radius 1 is 1.05 bits per heavy atom. The second kappa shape index (κ2) is 16.3. The van der Waals surface area contributed by atoms with Crippen molar-refractivity contribution in [1.82, 2.24) is 0 Å². The van der Waals surface area contributed by atoms with Crippen LogP contribution in [0.4, 0.5) is 0 Å². The summed E-state index contributed by atoms with van der Waals surface area (Å²) in [4.78, 5) is 0. The fraction of sp³-hybridized carbons (Fsp3) is 0.706. The SMILES string of the molecule is CCC1=C(C)C2=C(CCC[CH-]2)C1CC.C[O-].C[O-].C[O-].[Ti+4]. The van der Waals surface area contributed by atoms with Crippen LogP contribution in [0.25, 0.3) is 0 Å². The van der Waals surface area contributed by atoms with Crippen molar-refractivity contribution in [3.63, 3.8) is 0 Å². The van der Waals surface area contributed by atoms with Crippen LogP contribution in [0.15, 0.2) is 22.3 Å². The summed E-state index contributed by atoms with van der Waals surface area (Å²) in [6.07, 6.45) is 9.03. The maximum Gasteiger partial charge on any atom is 4.00 e. The zero-order chi connectivity index (χ0) is 16.1. The fourth-order valence-corrected chi connectivity index (χ4v) is 3.21. The Kier molecular flexibility index (Phi) is 20.1. The average Bonchev–Trinajstić information content (AvgIpc) is 2.85. The van der Waals surface area contributed by atoms with Crippen LogP contribution in [0.1, 0.15) is 52.9 Å². The second-order valence-corrected chi connectivity index (χ2v) is 4.50. The molecule has 2 aliphatic rings. The molecule has 0 spiro atoms. The summed E-state index contributed by atoms with van der Waals surface area (Å²) in [5.41, 5.74) is 6.71. The van der Waals surface area contributed by atoms with Crippen LogP contribution in [0, 0.1) is 12.3 Å². The molecule has 2 rings (SSSR count). The van der Waals surface area contributed by atoms with Crippen LogP contribution < -0.4 is 15.3 Å². The van der Waals surface area contributed by atoms with Crippen LogP contribution in [0.5, 0.6) is 0 Å². The summed E-state index contributed by atoms with van der Waals surface area (Å²) in [6, 6.07) is 0. The first-order valence-electron chi connectivity index (χ1n) is 7.28. The Bertz CT molecular complexity index is 309. The molecule has 0 N–H and O–H groups in total. The molecular weight excluding hydrogens is 300 g/mol. The molecule has 0 aliphatic heterocycles. The molecule has 0 saturated heterocycles. The number of rotatable bonds is 2. The maximum absolute atomic E-state index is 8.25. The standard InChI is InChI=1S/C14H21.3CH3O.Ti/c1-4-11-10(3)13-8-6-7-9-14(13)12(11)5-2;3*1-2;/h8,12H,4-7,9H2,1-3H3;3*1H3;/q4*-1;+4. The van der Waals surface area contributed by atoms with E-state index in [-0.39, 0.29) is 21.7 Å². The molecule has 3 nitrogen and oxygen atoms in total. The molecule has 1 atom stereocenters. The summed E-state index contributed by atoms with van der Waals surface area (Å²) in [5.74, 6) is 0.798. The summed E-state index contributed by atoms with van der Waals surface area (Å²) in [6.45, 7) is 6.96. The molecule has 0 amide bonds. The Morgan fingerprint density at radius 3 is 2.00 bits per heavy atom. The van der Waals surface area contributed by atoms with Gasteiger partial charge in [-0.1, -0.05) is 52.4 Å². The molecule has 0 fully saturated rings. The van der Waals surface area contributed by atoms with Crippen molar-refractivity contribution in [3.05, 3.63) is 28.7 Å². The molecule has 0 radical (unpaired) electrons. The van der Waals surface area contributed by atoms with Crippen LogP contribution in [-0.2, 0) is 21.7 Å².